The van der Waals surface area contributed by atoms with E-state index in [1.54, 1.807) is 21.3 Å². The van der Waals surface area contributed by atoms with Crippen LogP contribution in [0.5, 0.6) is 17.2 Å². The molecule has 3 nitrogen and oxygen atoms in total. The molecule has 0 unspecified atom stereocenters. The molecule has 0 saturated heterocycles. The molecule has 2 rings (SSSR count). The predicted octanol–water partition coefficient (Wildman–Crippen LogP) is 3.38. The van der Waals surface area contributed by atoms with Gasteiger partial charge in [-0.05, 0) is 17.7 Å². The summed E-state index contributed by atoms with van der Waals surface area (Å²) in [5, 5.41) is 0. The molecule has 0 N–H and O–H groups in total. The molecule has 0 fully saturated rings. The Morgan fingerprint density at radius 3 is 1.89 bits per heavy atom. The first-order valence-corrected chi connectivity index (χ1v) is 5.66. The molecule has 3 heteroatoms. The number of hydrogen-bond donors (Lipinski definition) is 0. The van der Waals surface area contributed by atoms with Gasteiger partial charge in [0.15, 0.2) is 11.5 Å². The van der Waals surface area contributed by atoms with Crippen molar-refractivity contribution in [3.63, 3.8) is 0 Å². The highest BCUT2D eigenvalue weighted by Crippen LogP contribution is 2.43. The SMILES string of the molecule is COc1ccc(-c2ccccc2)c(OC)c1OC. The molecular formula is C15H16O3. The quantitative estimate of drug-likeness (QED) is 0.825. The van der Waals surface area contributed by atoms with Gasteiger partial charge in [-0.1, -0.05) is 30.3 Å². The van der Waals surface area contributed by atoms with E-state index in [0.29, 0.717) is 17.2 Å². The fraction of sp³-hybridized carbons (Fsp3) is 0.200. The van der Waals surface area contributed by atoms with Crippen molar-refractivity contribution in [2.75, 3.05) is 21.3 Å². The zero-order valence-electron chi connectivity index (χ0n) is 10.8. The van der Waals surface area contributed by atoms with Crippen LogP contribution in [0.2, 0.25) is 0 Å². The first-order chi connectivity index (χ1) is 8.81. The van der Waals surface area contributed by atoms with E-state index in [4.69, 9.17) is 14.2 Å². The lowest BCUT2D eigenvalue weighted by molar-refractivity contribution is 0.325. The van der Waals surface area contributed by atoms with E-state index in [0.717, 1.165) is 11.1 Å². The second-order valence-electron chi connectivity index (χ2n) is 3.75. The molecule has 0 heterocycles. The van der Waals surface area contributed by atoms with Crippen LogP contribution < -0.4 is 14.2 Å². The molecule has 0 radical (unpaired) electrons. The van der Waals surface area contributed by atoms with Crippen molar-refractivity contribution >= 4 is 0 Å². The van der Waals surface area contributed by atoms with Gasteiger partial charge in [-0.25, -0.2) is 0 Å². The minimum Gasteiger partial charge on any atom is -0.493 e. The molecule has 0 saturated carbocycles. The minimum atomic E-state index is 0.612. The second kappa shape index (κ2) is 5.45. The van der Waals surface area contributed by atoms with E-state index in [1.807, 2.05) is 42.5 Å². The summed E-state index contributed by atoms with van der Waals surface area (Å²) >= 11 is 0. The number of benzene rings is 2. The highest BCUT2D eigenvalue weighted by molar-refractivity contribution is 5.76. The van der Waals surface area contributed by atoms with Crippen LogP contribution in [0, 0.1) is 0 Å². The van der Waals surface area contributed by atoms with Gasteiger partial charge in [-0.3, -0.25) is 0 Å². The van der Waals surface area contributed by atoms with Gasteiger partial charge in [-0.2, -0.15) is 0 Å². The Balaban J connectivity index is 2.62. The average molecular weight is 244 g/mol. The molecule has 2 aromatic rings. The van der Waals surface area contributed by atoms with Crippen LogP contribution in [0.3, 0.4) is 0 Å². The standard InChI is InChI=1S/C15H16O3/c1-16-13-10-9-12(11-7-5-4-6-8-11)14(17-2)15(13)18-3/h4-10H,1-3H3. The molecule has 94 valence electrons. The van der Waals surface area contributed by atoms with E-state index in [9.17, 15) is 0 Å². The van der Waals surface area contributed by atoms with Gasteiger partial charge in [0.05, 0.1) is 21.3 Å². The van der Waals surface area contributed by atoms with Crippen LogP contribution in [-0.4, -0.2) is 21.3 Å². The lowest BCUT2D eigenvalue weighted by Gasteiger charge is -2.15. The minimum absolute atomic E-state index is 0.612. The molecule has 2 aromatic carbocycles. The Labute approximate surface area is 107 Å². The molecule has 0 amide bonds. The van der Waals surface area contributed by atoms with E-state index in [1.165, 1.54) is 0 Å². The van der Waals surface area contributed by atoms with E-state index in [2.05, 4.69) is 0 Å². The third-order valence-electron chi connectivity index (χ3n) is 2.79. The first-order valence-electron chi connectivity index (χ1n) is 5.66. The fourth-order valence-corrected chi connectivity index (χ4v) is 1.95. The summed E-state index contributed by atoms with van der Waals surface area (Å²) in [6, 6.07) is 13.9. The van der Waals surface area contributed by atoms with Crippen LogP contribution in [-0.2, 0) is 0 Å². The molecule has 0 atom stereocenters. The van der Waals surface area contributed by atoms with E-state index in [-0.39, 0.29) is 0 Å². The number of methoxy groups -OCH3 is 3. The Kier molecular flexibility index (Phi) is 3.72. The van der Waals surface area contributed by atoms with E-state index >= 15 is 0 Å². The average Bonchev–Trinajstić information content (AvgIpc) is 2.46. The topological polar surface area (TPSA) is 27.7 Å². The maximum atomic E-state index is 5.46. The van der Waals surface area contributed by atoms with Crippen molar-refractivity contribution in [1.82, 2.24) is 0 Å². The number of ether oxygens (including phenoxy) is 3. The van der Waals surface area contributed by atoms with Crippen LogP contribution in [0.15, 0.2) is 42.5 Å². The zero-order valence-corrected chi connectivity index (χ0v) is 10.8. The molecule has 18 heavy (non-hydrogen) atoms. The van der Waals surface area contributed by atoms with Crippen LogP contribution in [0.25, 0.3) is 11.1 Å². The van der Waals surface area contributed by atoms with Crippen molar-refractivity contribution in [2.24, 2.45) is 0 Å². The Bertz CT molecular complexity index is 521. The number of hydrogen-bond acceptors (Lipinski definition) is 3. The third kappa shape index (κ3) is 2.12. The van der Waals surface area contributed by atoms with Crippen molar-refractivity contribution in [3.8, 4) is 28.4 Å². The lowest BCUT2D eigenvalue weighted by Crippen LogP contribution is -1.96. The largest absolute Gasteiger partial charge is 0.493 e. The molecule has 0 spiro atoms. The summed E-state index contributed by atoms with van der Waals surface area (Å²) in [6.07, 6.45) is 0. The van der Waals surface area contributed by atoms with Gasteiger partial charge < -0.3 is 14.2 Å². The molecule has 0 aliphatic carbocycles. The number of rotatable bonds is 4. The van der Waals surface area contributed by atoms with Crippen molar-refractivity contribution < 1.29 is 14.2 Å². The maximum Gasteiger partial charge on any atom is 0.203 e. The van der Waals surface area contributed by atoms with Crippen molar-refractivity contribution in [1.29, 1.82) is 0 Å². The zero-order chi connectivity index (χ0) is 13.0. The summed E-state index contributed by atoms with van der Waals surface area (Å²) in [4.78, 5) is 0. The van der Waals surface area contributed by atoms with Gasteiger partial charge in [0.25, 0.3) is 0 Å². The smallest absolute Gasteiger partial charge is 0.203 e. The van der Waals surface area contributed by atoms with Crippen molar-refractivity contribution in [3.05, 3.63) is 42.5 Å². The van der Waals surface area contributed by atoms with Crippen LogP contribution in [0.1, 0.15) is 0 Å². The predicted molar refractivity (Wildman–Crippen MR) is 71.5 cm³/mol. The molecule has 0 aliphatic rings. The maximum absolute atomic E-state index is 5.46. The second-order valence-corrected chi connectivity index (χ2v) is 3.75. The molecular weight excluding hydrogens is 228 g/mol. The van der Waals surface area contributed by atoms with Crippen LogP contribution in [0.4, 0.5) is 0 Å². The Morgan fingerprint density at radius 1 is 0.667 bits per heavy atom. The highest BCUT2D eigenvalue weighted by atomic mass is 16.5. The summed E-state index contributed by atoms with van der Waals surface area (Å²) in [5.74, 6) is 1.96. The van der Waals surface area contributed by atoms with Gasteiger partial charge in [0.1, 0.15) is 0 Å². The van der Waals surface area contributed by atoms with Gasteiger partial charge in [0.2, 0.25) is 5.75 Å². The van der Waals surface area contributed by atoms with Gasteiger partial charge >= 0.3 is 0 Å². The highest BCUT2D eigenvalue weighted by Gasteiger charge is 2.16. The third-order valence-corrected chi connectivity index (χ3v) is 2.79. The van der Waals surface area contributed by atoms with Gasteiger partial charge in [-0.15, -0.1) is 0 Å². The molecule has 0 aliphatic heterocycles. The van der Waals surface area contributed by atoms with Gasteiger partial charge in [0, 0.05) is 5.56 Å². The summed E-state index contributed by atoms with van der Waals surface area (Å²) in [5.41, 5.74) is 2.06. The lowest BCUT2D eigenvalue weighted by atomic mass is 10.0. The van der Waals surface area contributed by atoms with Crippen LogP contribution >= 0.6 is 0 Å². The molecule has 0 bridgehead atoms. The Hall–Kier alpha value is -2.16. The monoisotopic (exact) mass is 244 g/mol. The first kappa shape index (κ1) is 12.3. The normalized spacial score (nSPS) is 9.94. The van der Waals surface area contributed by atoms with Crippen molar-refractivity contribution in [2.45, 2.75) is 0 Å². The molecule has 0 aromatic heterocycles. The fourth-order valence-electron chi connectivity index (χ4n) is 1.95. The summed E-state index contributed by atoms with van der Waals surface area (Å²) in [7, 11) is 4.85. The summed E-state index contributed by atoms with van der Waals surface area (Å²) in [6.45, 7) is 0. The summed E-state index contributed by atoms with van der Waals surface area (Å²) < 4.78 is 16.1. The van der Waals surface area contributed by atoms with E-state index < -0.39 is 0 Å². The Morgan fingerprint density at radius 2 is 1.33 bits per heavy atom.